The molecule has 0 saturated heterocycles. The SMILES string of the molecule is O=C(O)CCC(=O)CC(=O)O.[Ca+2].[H-].[H-]. The fourth-order valence-electron chi connectivity index (χ4n) is 0.503. The van der Waals surface area contributed by atoms with Crippen molar-refractivity contribution < 1.29 is 27.4 Å². The van der Waals surface area contributed by atoms with E-state index >= 15 is 0 Å². The van der Waals surface area contributed by atoms with E-state index in [4.69, 9.17) is 10.2 Å². The summed E-state index contributed by atoms with van der Waals surface area (Å²) in [4.78, 5) is 30.3. The van der Waals surface area contributed by atoms with Crippen LogP contribution in [-0.4, -0.2) is 65.7 Å². The van der Waals surface area contributed by atoms with Crippen molar-refractivity contribution in [1.29, 1.82) is 0 Å². The number of hydrogen-bond donors (Lipinski definition) is 2. The summed E-state index contributed by atoms with van der Waals surface area (Å²) in [5.74, 6) is -2.87. The Morgan fingerprint density at radius 3 is 1.83 bits per heavy atom. The van der Waals surface area contributed by atoms with Crippen LogP contribution in [-0.2, 0) is 14.4 Å². The second-order valence-electron chi connectivity index (χ2n) is 2.00. The van der Waals surface area contributed by atoms with E-state index in [1.807, 2.05) is 0 Å². The molecule has 0 aliphatic rings. The molecule has 5 nitrogen and oxygen atoms in total. The summed E-state index contributed by atoms with van der Waals surface area (Å²) in [6.45, 7) is 0. The van der Waals surface area contributed by atoms with E-state index in [0.29, 0.717) is 0 Å². The second kappa shape index (κ2) is 7.52. The van der Waals surface area contributed by atoms with Crippen molar-refractivity contribution >= 4 is 55.5 Å². The van der Waals surface area contributed by atoms with Crippen LogP contribution in [0.15, 0.2) is 0 Å². The molecular formula is C6H10CaO5. The summed E-state index contributed by atoms with van der Waals surface area (Å²) in [6, 6.07) is 0. The minimum atomic E-state index is -1.22. The number of rotatable bonds is 5. The Hall–Kier alpha value is -0.130. The van der Waals surface area contributed by atoms with Gasteiger partial charge in [0.05, 0.1) is 6.42 Å². The molecule has 0 amide bonds. The van der Waals surface area contributed by atoms with Crippen LogP contribution < -0.4 is 0 Å². The molecule has 0 rings (SSSR count). The van der Waals surface area contributed by atoms with E-state index < -0.39 is 24.1 Å². The molecule has 0 heterocycles. The Morgan fingerprint density at radius 2 is 1.50 bits per heavy atom. The zero-order valence-electron chi connectivity index (χ0n) is 8.45. The van der Waals surface area contributed by atoms with E-state index in [1.165, 1.54) is 0 Å². The summed E-state index contributed by atoms with van der Waals surface area (Å²) in [7, 11) is 0. The number of carboxylic acids is 2. The van der Waals surface area contributed by atoms with Gasteiger partial charge in [-0.25, -0.2) is 0 Å². The van der Waals surface area contributed by atoms with Gasteiger partial charge in [-0.05, 0) is 0 Å². The van der Waals surface area contributed by atoms with Gasteiger partial charge in [0.2, 0.25) is 0 Å². The Bertz CT molecular complexity index is 197. The molecule has 0 aromatic carbocycles. The molecule has 0 radical (unpaired) electrons. The first-order valence-corrected chi connectivity index (χ1v) is 2.97. The first-order valence-electron chi connectivity index (χ1n) is 2.97. The van der Waals surface area contributed by atoms with Gasteiger partial charge in [0.25, 0.3) is 0 Å². The van der Waals surface area contributed by atoms with Crippen molar-refractivity contribution in [2.45, 2.75) is 19.3 Å². The van der Waals surface area contributed by atoms with E-state index in [1.54, 1.807) is 0 Å². The number of hydrogen-bond acceptors (Lipinski definition) is 3. The first kappa shape index (κ1) is 14.4. The maximum atomic E-state index is 10.5. The molecule has 66 valence electrons. The largest absolute Gasteiger partial charge is 2.00 e. The Kier molecular flexibility index (Phi) is 9.02. The minimum Gasteiger partial charge on any atom is -1.00 e. The number of Topliss-reactive ketones (excluding diaryl/α,β-unsaturated/α-hetero) is 1. The molecular weight excluding hydrogens is 192 g/mol. The predicted octanol–water partition coefficient (Wildman–Crippen LogP) is -0.261. The quantitative estimate of drug-likeness (QED) is 0.473. The van der Waals surface area contributed by atoms with Crippen molar-refractivity contribution in [1.82, 2.24) is 0 Å². The molecule has 6 heteroatoms. The van der Waals surface area contributed by atoms with Gasteiger partial charge >= 0.3 is 49.7 Å². The third-order valence-corrected chi connectivity index (χ3v) is 0.966. The normalized spacial score (nSPS) is 8.33. The second-order valence-corrected chi connectivity index (χ2v) is 2.00. The van der Waals surface area contributed by atoms with Gasteiger partial charge in [-0.2, -0.15) is 0 Å². The Balaban J connectivity index is -0.000000167. The molecule has 0 saturated carbocycles. The summed E-state index contributed by atoms with van der Waals surface area (Å²) < 4.78 is 0. The van der Waals surface area contributed by atoms with E-state index in [9.17, 15) is 14.4 Å². The number of carbonyl (C=O) groups is 3. The molecule has 0 atom stereocenters. The van der Waals surface area contributed by atoms with Crippen LogP contribution in [0.4, 0.5) is 0 Å². The summed E-state index contributed by atoms with van der Waals surface area (Å²) in [5.41, 5.74) is 0. The monoisotopic (exact) mass is 202 g/mol. The van der Waals surface area contributed by atoms with Gasteiger partial charge in [0.1, 0.15) is 12.2 Å². The molecule has 0 fully saturated rings. The fourth-order valence-corrected chi connectivity index (χ4v) is 0.503. The first-order chi connectivity index (χ1) is 5.02. The molecule has 2 N–H and O–H groups in total. The van der Waals surface area contributed by atoms with Crippen molar-refractivity contribution in [2.75, 3.05) is 0 Å². The smallest absolute Gasteiger partial charge is 1.00 e. The molecule has 0 aromatic rings. The number of carboxylic acid groups (broad SMARTS) is 2. The number of ketones is 1. The maximum absolute atomic E-state index is 10.5. The van der Waals surface area contributed by atoms with Crippen LogP contribution in [0.2, 0.25) is 0 Å². The van der Waals surface area contributed by atoms with E-state index in [-0.39, 0.29) is 53.4 Å². The summed E-state index contributed by atoms with van der Waals surface area (Å²) in [5, 5.41) is 16.2. The maximum Gasteiger partial charge on any atom is 2.00 e. The topological polar surface area (TPSA) is 91.7 Å². The van der Waals surface area contributed by atoms with Crippen LogP contribution in [0.25, 0.3) is 0 Å². The van der Waals surface area contributed by atoms with Crippen molar-refractivity contribution in [3.8, 4) is 0 Å². The van der Waals surface area contributed by atoms with Gasteiger partial charge < -0.3 is 13.1 Å². The fraction of sp³-hybridized carbons (Fsp3) is 0.500. The molecule has 0 bridgehead atoms. The van der Waals surface area contributed by atoms with Crippen LogP contribution in [0.5, 0.6) is 0 Å². The van der Waals surface area contributed by atoms with Crippen LogP contribution in [0, 0.1) is 0 Å². The third-order valence-electron chi connectivity index (χ3n) is 0.966. The Morgan fingerprint density at radius 1 is 1.00 bits per heavy atom. The van der Waals surface area contributed by atoms with Crippen molar-refractivity contribution in [3.63, 3.8) is 0 Å². The third kappa shape index (κ3) is 9.87. The average molecular weight is 202 g/mol. The summed E-state index contributed by atoms with van der Waals surface area (Å²) >= 11 is 0. The molecule has 0 aliphatic carbocycles. The molecule has 0 aliphatic heterocycles. The van der Waals surface area contributed by atoms with Gasteiger partial charge in [0.15, 0.2) is 0 Å². The molecule has 12 heavy (non-hydrogen) atoms. The van der Waals surface area contributed by atoms with Crippen LogP contribution in [0.3, 0.4) is 0 Å². The Labute approximate surface area is 102 Å². The zero-order valence-corrected chi connectivity index (χ0v) is 8.66. The predicted molar refractivity (Wildman–Crippen MR) is 42.1 cm³/mol. The molecule has 0 spiro atoms. The summed E-state index contributed by atoms with van der Waals surface area (Å²) in [6.07, 6.45) is -1.10. The zero-order chi connectivity index (χ0) is 8.85. The standard InChI is InChI=1S/C6H8O5.Ca.2H/c7-4(3-6(10)11)1-2-5(8)9;;;/h1-3H2,(H,8,9)(H,10,11);;;/q;+2;2*-1. The van der Waals surface area contributed by atoms with Crippen molar-refractivity contribution in [2.24, 2.45) is 0 Å². The van der Waals surface area contributed by atoms with E-state index in [2.05, 4.69) is 0 Å². The van der Waals surface area contributed by atoms with Gasteiger partial charge in [-0.1, -0.05) is 0 Å². The minimum absolute atomic E-state index is 0. The van der Waals surface area contributed by atoms with Crippen molar-refractivity contribution in [3.05, 3.63) is 0 Å². The van der Waals surface area contributed by atoms with Crippen LogP contribution >= 0.6 is 0 Å². The average Bonchev–Trinajstić information content (AvgIpc) is 1.82. The molecule has 0 aromatic heterocycles. The van der Waals surface area contributed by atoms with Gasteiger partial charge in [-0.3, -0.25) is 14.4 Å². The van der Waals surface area contributed by atoms with Gasteiger partial charge in [0, 0.05) is 6.42 Å². The van der Waals surface area contributed by atoms with E-state index in [0.717, 1.165) is 0 Å². The number of aliphatic carboxylic acids is 2. The number of carbonyl (C=O) groups excluding carboxylic acids is 1. The molecule has 0 unspecified atom stereocenters. The van der Waals surface area contributed by atoms with Crippen LogP contribution in [0.1, 0.15) is 22.1 Å². The van der Waals surface area contributed by atoms with Gasteiger partial charge in [-0.15, -0.1) is 0 Å².